The Morgan fingerprint density at radius 3 is 1.80 bits per heavy atom. The second kappa shape index (κ2) is 15.4. The lowest BCUT2D eigenvalue weighted by molar-refractivity contribution is 0.194. The van der Waals surface area contributed by atoms with E-state index in [1.54, 1.807) is 0 Å². The van der Waals surface area contributed by atoms with Crippen LogP contribution in [0.2, 0.25) is 0 Å². The third-order valence-electron chi connectivity index (χ3n) is 11.6. The largest absolute Gasteiger partial charge is 0.256 e. The summed E-state index contributed by atoms with van der Waals surface area (Å²) >= 11 is 0. The second-order valence-corrected chi connectivity index (χ2v) is 16.2. The molecule has 0 spiro atoms. The van der Waals surface area contributed by atoms with Gasteiger partial charge in [-0.15, -0.1) is 0 Å². The van der Waals surface area contributed by atoms with Crippen LogP contribution in [0.4, 0.5) is 0 Å². The SMILES string of the molecule is Cc1cc(CCc2ccc(-c3ccccn3)cc2)cc(-c2ccccc2-c2ccc(-c3cc(-c4ccc(C5(C)CC(C)CC(C)C5)cc4)ccn3)cc2)c1. The van der Waals surface area contributed by atoms with Gasteiger partial charge in [0, 0.05) is 23.5 Å². The van der Waals surface area contributed by atoms with Crippen LogP contribution in [0.25, 0.3) is 55.9 Å². The van der Waals surface area contributed by atoms with Crippen LogP contribution >= 0.6 is 0 Å². The highest BCUT2D eigenvalue weighted by atomic mass is 14.7. The van der Waals surface area contributed by atoms with Gasteiger partial charge in [-0.2, -0.15) is 0 Å². The highest BCUT2D eigenvalue weighted by Crippen LogP contribution is 2.44. The minimum Gasteiger partial charge on any atom is -0.256 e. The number of rotatable bonds is 9. The molecule has 2 aromatic heterocycles. The van der Waals surface area contributed by atoms with Crippen LogP contribution in [0.3, 0.4) is 0 Å². The maximum atomic E-state index is 4.80. The van der Waals surface area contributed by atoms with Gasteiger partial charge in [-0.25, -0.2) is 0 Å². The Kier molecular flexibility index (Phi) is 10.1. The molecule has 1 fully saturated rings. The van der Waals surface area contributed by atoms with Crippen molar-refractivity contribution >= 4 is 0 Å². The lowest BCUT2D eigenvalue weighted by Gasteiger charge is -2.41. The highest BCUT2D eigenvalue weighted by molar-refractivity contribution is 5.85. The molecule has 0 amide bonds. The predicted octanol–water partition coefficient (Wildman–Crippen LogP) is 13.6. The van der Waals surface area contributed by atoms with Gasteiger partial charge in [-0.3, -0.25) is 9.97 Å². The molecule has 0 aliphatic heterocycles. The Morgan fingerprint density at radius 1 is 0.500 bits per heavy atom. The van der Waals surface area contributed by atoms with Gasteiger partial charge >= 0.3 is 0 Å². The zero-order valence-corrected chi connectivity index (χ0v) is 32.1. The van der Waals surface area contributed by atoms with Gasteiger partial charge in [0.15, 0.2) is 0 Å². The molecule has 1 aliphatic rings. The van der Waals surface area contributed by atoms with Gasteiger partial charge in [0.2, 0.25) is 0 Å². The van der Waals surface area contributed by atoms with Gasteiger partial charge in [0.25, 0.3) is 0 Å². The van der Waals surface area contributed by atoms with E-state index in [4.69, 9.17) is 4.98 Å². The summed E-state index contributed by atoms with van der Waals surface area (Å²) in [6, 6.07) is 53.3. The number of hydrogen-bond donors (Lipinski definition) is 0. The fourth-order valence-corrected chi connectivity index (χ4v) is 9.18. The van der Waals surface area contributed by atoms with Crippen molar-refractivity contribution < 1.29 is 0 Å². The summed E-state index contributed by atoms with van der Waals surface area (Å²) in [6.07, 6.45) is 9.66. The maximum absolute atomic E-state index is 4.80. The third-order valence-corrected chi connectivity index (χ3v) is 11.6. The molecular weight excluding hydrogens is 653 g/mol. The van der Waals surface area contributed by atoms with Crippen molar-refractivity contribution in [3.05, 3.63) is 180 Å². The third kappa shape index (κ3) is 7.85. The van der Waals surface area contributed by atoms with E-state index in [0.29, 0.717) is 0 Å². The van der Waals surface area contributed by atoms with Crippen molar-refractivity contribution in [3.8, 4) is 55.9 Å². The number of benzene rings is 5. The van der Waals surface area contributed by atoms with E-state index >= 15 is 0 Å². The summed E-state index contributed by atoms with van der Waals surface area (Å²) in [5, 5.41) is 0. The Labute approximate surface area is 322 Å². The van der Waals surface area contributed by atoms with E-state index in [0.717, 1.165) is 47.2 Å². The Hall–Kier alpha value is -5.60. The minimum atomic E-state index is 0.260. The molecule has 54 heavy (non-hydrogen) atoms. The van der Waals surface area contributed by atoms with Crippen molar-refractivity contribution in [1.29, 1.82) is 0 Å². The molecule has 1 saturated carbocycles. The van der Waals surface area contributed by atoms with Crippen molar-refractivity contribution in [2.45, 2.75) is 65.2 Å². The first-order valence-electron chi connectivity index (χ1n) is 19.7. The number of nitrogens with zero attached hydrogens (tertiary/aromatic N) is 2. The fourth-order valence-electron chi connectivity index (χ4n) is 9.18. The van der Waals surface area contributed by atoms with Gasteiger partial charge in [-0.05, 0) is 131 Å². The number of hydrogen-bond acceptors (Lipinski definition) is 2. The molecule has 0 N–H and O–H groups in total. The molecule has 7 aromatic rings. The summed E-state index contributed by atoms with van der Waals surface area (Å²) in [7, 11) is 0. The van der Waals surface area contributed by atoms with E-state index in [2.05, 4.69) is 166 Å². The van der Waals surface area contributed by atoms with E-state index in [1.807, 2.05) is 24.5 Å². The summed E-state index contributed by atoms with van der Waals surface area (Å²) in [6.45, 7) is 9.50. The van der Waals surface area contributed by atoms with E-state index in [1.165, 1.54) is 74.9 Å². The van der Waals surface area contributed by atoms with Crippen LogP contribution in [0, 0.1) is 18.8 Å². The van der Waals surface area contributed by atoms with Gasteiger partial charge in [0.05, 0.1) is 11.4 Å². The average molecular weight is 703 g/mol. The number of pyridine rings is 2. The van der Waals surface area contributed by atoms with E-state index in [-0.39, 0.29) is 5.41 Å². The molecule has 2 atom stereocenters. The smallest absolute Gasteiger partial charge is 0.0708 e. The van der Waals surface area contributed by atoms with Crippen LogP contribution in [0.1, 0.15) is 62.3 Å². The number of aryl methyl sites for hydroxylation is 3. The Morgan fingerprint density at radius 2 is 1.09 bits per heavy atom. The molecular formula is C52H50N2. The molecule has 0 radical (unpaired) electrons. The zero-order valence-electron chi connectivity index (χ0n) is 32.1. The molecule has 2 heterocycles. The van der Waals surface area contributed by atoms with Gasteiger partial charge in [0.1, 0.15) is 0 Å². The summed E-state index contributed by atoms with van der Waals surface area (Å²) in [5.74, 6) is 1.56. The van der Waals surface area contributed by atoms with E-state index < -0.39 is 0 Å². The van der Waals surface area contributed by atoms with Crippen molar-refractivity contribution in [2.24, 2.45) is 11.8 Å². The van der Waals surface area contributed by atoms with Crippen LogP contribution in [-0.4, -0.2) is 9.97 Å². The van der Waals surface area contributed by atoms with Gasteiger partial charge < -0.3 is 0 Å². The standard InChI is InChI=1S/C52H50N2/c1-36-30-40(13-12-39-14-16-43(17-15-39)50-11-7-8-27-53-50)32-46(31-36)49-10-6-5-9-48(49)42-18-20-44(21-19-42)51-33-45(26-28-54-51)41-22-24-47(25-23-41)52(4)34-37(2)29-38(3)35-52/h5-11,14-28,30-33,37-38H,12-13,29,34-35H2,1-4H3. The molecule has 0 saturated heterocycles. The normalized spacial score (nSPS) is 18.4. The fraction of sp³-hybridized carbons (Fsp3) is 0.231. The monoisotopic (exact) mass is 702 g/mol. The Bertz CT molecular complexity index is 2330. The van der Waals surface area contributed by atoms with Crippen LogP contribution in [0.15, 0.2) is 158 Å². The molecule has 1 aliphatic carbocycles. The lowest BCUT2D eigenvalue weighted by atomic mass is 9.64. The molecule has 5 aromatic carbocycles. The first-order chi connectivity index (χ1) is 26.3. The average Bonchev–Trinajstić information content (AvgIpc) is 3.20. The topological polar surface area (TPSA) is 25.8 Å². The molecule has 2 nitrogen and oxygen atoms in total. The molecule has 2 unspecified atom stereocenters. The molecule has 268 valence electrons. The number of aromatic nitrogens is 2. The van der Waals surface area contributed by atoms with Crippen molar-refractivity contribution in [2.75, 3.05) is 0 Å². The summed E-state index contributed by atoms with van der Waals surface area (Å²) < 4.78 is 0. The summed E-state index contributed by atoms with van der Waals surface area (Å²) in [5.41, 5.74) is 17.4. The molecule has 2 heteroatoms. The predicted molar refractivity (Wildman–Crippen MR) is 227 cm³/mol. The maximum Gasteiger partial charge on any atom is 0.0708 e. The lowest BCUT2D eigenvalue weighted by Crippen LogP contribution is -2.32. The first kappa shape index (κ1) is 35.4. The van der Waals surface area contributed by atoms with E-state index in [9.17, 15) is 0 Å². The molecule has 0 bridgehead atoms. The Balaban J connectivity index is 0.986. The summed E-state index contributed by atoms with van der Waals surface area (Å²) in [4.78, 5) is 9.29. The van der Waals surface area contributed by atoms with Crippen molar-refractivity contribution in [1.82, 2.24) is 9.97 Å². The molecule has 8 rings (SSSR count). The van der Waals surface area contributed by atoms with Crippen LogP contribution < -0.4 is 0 Å². The van der Waals surface area contributed by atoms with Crippen LogP contribution in [0.5, 0.6) is 0 Å². The van der Waals surface area contributed by atoms with Gasteiger partial charge in [-0.1, -0.05) is 148 Å². The second-order valence-electron chi connectivity index (χ2n) is 16.2. The highest BCUT2D eigenvalue weighted by Gasteiger charge is 2.35. The van der Waals surface area contributed by atoms with Crippen molar-refractivity contribution in [3.63, 3.8) is 0 Å². The first-order valence-corrected chi connectivity index (χ1v) is 19.7. The minimum absolute atomic E-state index is 0.260. The van der Waals surface area contributed by atoms with Crippen LogP contribution in [-0.2, 0) is 18.3 Å². The zero-order chi connectivity index (χ0) is 37.1. The quantitative estimate of drug-likeness (QED) is 0.150.